The molecule has 1 aliphatic rings. The fraction of sp³-hybridized carbons (Fsp3) is 0.318. The van der Waals surface area contributed by atoms with Gasteiger partial charge in [0.25, 0.3) is 0 Å². The molecule has 3 aromatic rings. The summed E-state index contributed by atoms with van der Waals surface area (Å²) in [5, 5.41) is 9.62. The van der Waals surface area contributed by atoms with Gasteiger partial charge in [-0.1, -0.05) is 43.7 Å². The number of nitrogens with one attached hydrogen (secondary N) is 1. The summed E-state index contributed by atoms with van der Waals surface area (Å²) >= 11 is 1.92. The maximum atomic E-state index is 8.27. The van der Waals surface area contributed by atoms with Gasteiger partial charge in [0.15, 0.2) is 0 Å². The number of likely N-dealkylation sites (N-methyl/N-ethyl adjacent to an activating group) is 1. The summed E-state index contributed by atoms with van der Waals surface area (Å²) in [7, 11) is 2.20. The predicted molar refractivity (Wildman–Crippen MR) is 108 cm³/mol. The molecule has 2 nitrogen and oxygen atoms in total. The van der Waals surface area contributed by atoms with Crippen molar-refractivity contribution in [1.29, 1.82) is 5.41 Å². The highest BCUT2D eigenvalue weighted by atomic mass is 32.1. The fourth-order valence-corrected chi connectivity index (χ4v) is 5.02. The van der Waals surface area contributed by atoms with Gasteiger partial charge in [-0.25, -0.2) is 0 Å². The summed E-state index contributed by atoms with van der Waals surface area (Å²) in [5.41, 5.74) is 4.68. The first-order valence-corrected chi connectivity index (χ1v) is 9.85. The van der Waals surface area contributed by atoms with Crippen molar-refractivity contribution in [1.82, 2.24) is 4.90 Å². The first-order chi connectivity index (χ1) is 12.2. The van der Waals surface area contributed by atoms with E-state index in [9.17, 15) is 0 Å². The highest BCUT2D eigenvalue weighted by Gasteiger charge is 2.26. The molecule has 2 heterocycles. The molecule has 1 unspecified atom stereocenters. The minimum Gasteiger partial charge on any atom is -0.305 e. The van der Waals surface area contributed by atoms with Gasteiger partial charge in [-0.15, -0.1) is 11.3 Å². The van der Waals surface area contributed by atoms with Crippen LogP contribution < -0.4 is 0 Å². The zero-order valence-electron chi connectivity index (χ0n) is 14.9. The summed E-state index contributed by atoms with van der Waals surface area (Å²) in [6.45, 7) is 4.17. The Morgan fingerprint density at radius 1 is 1.20 bits per heavy atom. The first-order valence-electron chi connectivity index (χ1n) is 9.03. The number of thiophene rings is 1. The number of nitrogens with zero attached hydrogens (tertiary/aromatic N) is 1. The molecule has 0 bridgehead atoms. The van der Waals surface area contributed by atoms with E-state index in [2.05, 4.69) is 67.4 Å². The van der Waals surface area contributed by atoms with Crippen LogP contribution in [0, 0.1) is 5.41 Å². The lowest BCUT2D eigenvalue weighted by atomic mass is 9.87. The monoisotopic (exact) mass is 348 g/mol. The zero-order valence-corrected chi connectivity index (χ0v) is 15.7. The number of benzene rings is 2. The molecule has 0 radical (unpaired) electrons. The quantitative estimate of drug-likeness (QED) is 0.606. The Bertz CT molecular complexity index is 892. The molecule has 1 aliphatic heterocycles. The summed E-state index contributed by atoms with van der Waals surface area (Å²) in [6.07, 6.45) is 1.88. The SMILES string of the molecule is CCCC(=N)c1ccc2c(c1)CN(C)CC2c1cc2ccccc2s1. The lowest BCUT2D eigenvalue weighted by molar-refractivity contribution is 0.296. The molecule has 0 saturated carbocycles. The van der Waals surface area contributed by atoms with Gasteiger partial charge in [-0.2, -0.15) is 0 Å². The Balaban J connectivity index is 1.75. The van der Waals surface area contributed by atoms with E-state index in [1.807, 2.05) is 11.3 Å². The minimum absolute atomic E-state index is 0.431. The average Bonchev–Trinajstić information content (AvgIpc) is 3.04. The molecule has 3 heteroatoms. The van der Waals surface area contributed by atoms with Crippen LogP contribution in [0.5, 0.6) is 0 Å². The number of rotatable bonds is 4. The second-order valence-electron chi connectivity index (χ2n) is 7.08. The molecule has 1 aromatic heterocycles. The van der Waals surface area contributed by atoms with E-state index in [4.69, 9.17) is 5.41 Å². The molecular formula is C22H24N2S. The van der Waals surface area contributed by atoms with Crippen LogP contribution in [-0.2, 0) is 6.54 Å². The molecule has 1 atom stereocenters. The van der Waals surface area contributed by atoms with E-state index < -0.39 is 0 Å². The lowest BCUT2D eigenvalue weighted by Gasteiger charge is -2.32. The van der Waals surface area contributed by atoms with E-state index in [1.165, 1.54) is 26.1 Å². The summed E-state index contributed by atoms with van der Waals surface area (Å²) in [4.78, 5) is 3.86. The van der Waals surface area contributed by atoms with Crippen LogP contribution in [0.3, 0.4) is 0 Å². The molecule has 0 fully saturated rings. The normalized spacial score (nSPS) is 17.6. The van der Waals surface area contributed by atoms with Crippen molar-refractivity contribution in [2.24, 2.45) is 0 Å². The van der Waals surface area contributed by atoms with Crippen molar-refractivity contribution < 1.29 is 0 Å². The van der Waals surface area contributed by atoms with Gasteiger partial charge in [0.2, 0.25) is 0 Å². The maximum Gasteiger partial charge on any atom is 0.0386 e. The molecule has 25 heavy (non-hydrogen) atoms. The highest BCUT2D eigenvalue weighted by Crippen LogP contribution is 2.39. The van der Waals surface area contributed by atoms with Crippen molar-refractivity contribution >= 4 is 27.1 Å². The maximum absolute atomic E-state index is 8.27. The van der Waals surface area contributed by atoms with Crippen LogP contribution >= 0.6 is 11.3 Å². The molecule has 1 N–H and O–H groups in total. The average molecular weight is 349 g/mol. The fourth-order valence-electron chi connectivity index (χ4n) is 3.85. The van der Waals surface area contributed by atoms with E-state index >= 15 is 0 Å². The van der Waals surface area contributed by atoms with E-state index in [0.29, 0.717) is 5.92 Å². The van der Waals surface area contributed by atoms with Gasteiger partial charge in [-0.05, 0) is 53.7 Å². The number of hydrogen-bond donors (Lipinski definition) is 1. The van der Waals surface area contributed by atoms with E-state index in [0.717, 1.165) is 37.2 Å². The highest BCUT2D eigenvalue weighted by molar-refractivity contribution is 7.19. The van der Waals surface area contributed by atoms with Gasteiger partial charge >= 0.3 is 0 Å². The Morgan fingerprint density at radius 3 is 2.84 bits per heavy atom. The molecule has 4 rings (SSSR count). The third-order valence-electron chi connectivity index (χ3n) is 5.09. The van der Waals surface area contributed by atoms with Gasteiger partial charge in [-0.3, -0.25) is 0 Å². The number of hydrogen-bond acceptors (Lipinski definition) is 3. The summed E-state index contributed by atoms with van der Waals surface area (Å²) in [6, 6.07) is 17.7. The van der Waals surface area contributed by atoms with E-state index in [1.54, 1.807) is 0 Å². The van der Waals surface area contributed by atoms with Crippen molar-refractivity contribution in [3.05, 3.63) is 70.1 Å². The lowest BCUT2D eigenvalue weighted by Crippen LogP contribution is -2.30. The van der Waals surface area contributed by atoms with Crippen LogP contribution in [0.4, 0.5) is 0 Å². The van der Waals surface area contributed by atoms with Crippen molar-refractivity contribution in [3.63, 3.8) is 0 Å². The van der Waals surface area contributed by atoms with Crippen LogP contribution in [-0.4, -0.2) is 24.2 Å². The van der Waals surface area contributed by atoms with Crippen molar-refractivity contribution in [2.75, 3.05) is 13.6 Å². The first kappa shape index (κ1) is 16.5. The third kappa shape index (κ3) is 3.14. The molecule has 0 spiro atoms. The number of fused-ring (bicyclic) bond motifs is 2. The zero-order chi connectivity index (χ0) is 17.4. The Morgan fingerprint density at radius 2 is 2.04 bits per heavy atom. The standard InChI is InChI=1S/C22H24N2S/c1-3-6-20(23)15-9-10-18-17(11-15)13-24(2)14-19(18)22-12-16-7-4-5-8-21(16)25-22/h4-5,7-12,19,23H,3,6,13-14H2,1-2H3. The van der Waals surface area contributed by atoms with Crippen LogP contribution in [0.2, 0.25) is 0 Å². The smallest absolute Gasteiger partial charge is 0.0386 e. The van der Waals surface area contributed by atoms with Gasteiger partial charge in [0.1, 0.15) is 0 Å². The summed E-state index contributed by atoms with van der Waals surface area (Å²) in [5.74, 6) is 0.431. The minimum atomic E-state index is 0.431. The van der Waals surface area contributed by atoms with Crippen molar-refractivity contribution in [3.8, 4) is 0 Å². The van der Waals surface area contributed by atoms with Gasteiger partial charge in [0.05, 0.1) is 0 Å². The third-order valence-corrected chi connectivity index (χ3v) is 6.32. The van der Waals surface area contributed by atoms with Crippen LogP contribution in [0.1, 0.15) is 47.3 Å². The van der Waals surface area contributed by atoms with Crippen LogP contribution in [0.15, 0.2) is 48.5 Å². The summed E-state index contributed by atoms with van der Waals surface area (Å²) < 4.78 is 1.37. The Kier molecular flexibility index (Phi) is 4.45. The molecule has 2 aromatic carbocycles. The second kappa shape index (κ2) is 6.74. The van der Waals surface area contributed by atoms with Gasteiger partial charge < -0.3 is 10.3 Å². The van der Waals surface area contributed by atoms with Crippen LogP contribution in [0.25, 0.3) is 10.1 Å². The molecule has 128 valence electrons. The molecule has 0 amide bonds. The Hall–Kier alpha value is -1.97. The molecule has 0 aliphatic carbocycles. The molecule has 0 saturated heterocycles. The van der Waals surface area contributed by atoms with Crippen molar-refractivity contribution in [2.45, 2.75) is 32.2 Å². The predicted octanol–water partition coefficient (Wildman–Crippen LogP) is 5.65. The largest absolute Gasteiger partial charge is 0.305 e. The molecular weight excluding hydrogens is 324 g/mol. The topological polar surface area (TPSA) is 27.1 Å². The Labute approximate surface area is 153 Å². The second-order valence-corrected chi connectivity index (χ2v) is 8.19. The van der Waals surface area contributed by atoms with E-state index in [-0.39, 0.29) is 0 Å². The van der Waals surface area contributed by atoms with Gasteiger partial charge in [0, 0.05) is 34.3 Å².